The third kappa shape index (κ3) is 5.74. The molecule has 1 amide bonds. The molecule has 0 atom stereocenters. The van der Waals surface area contributed by atoms with Crippen LogP contribution in [0.1, 0.15) is 26.3 Å². The molecule has 3 rings (SSSR count). The Morgan fingerprint density at radius 2 is 1.94 bits per heavy atom. The second-order valence-corrected chi connectivity index (χ2v) is 9.35. The maximum Gasteiger partial charge on any atom is 0.234 e. The van der Waals surface area contributed by atoms with Gasteiger partial charge in [-0.3, -0.25) is 9.36 Å². The number of rotatable bonds is 7. The number of aromatic nitrogens is 3. The van der Waals surface area contributed by atoms with Gasteiger partial charge < -0.3 is 5.32 Å². The molecule has 0 saturated heterocycles. The Morgan fingerprint density at radius 1 is 1.23 bits per heavy atom. The smallest absolute Gasteiger partial charge is 0.234 e. The standard InChI is InChI=1S/C23H24ClFN4OS/c1-5-12-29-21(15-6-8-16(9-7-15)23(2,3)4)27-28-22(29)31-14-20(30)26-17-10-11-19(25)18(24)13-17/h5-11,13H,1,12,14H2,2-4H3,(H,26,30). The normalized spacial score (nSPS) is 11.4. The fourth-order valence-corrected chi connectivity index (χ4v) is 3.85. The van der Waals surface area contributed by atoms with Gasteiger partial charge in [-0.05, 0) is 29.2 Å². The number of carbonyl (C=O) groups excluding carboxylic acids is 1. The van der Waals surface area contributed by atoms with Crippen LogP contribution in [0, 0.1) is 5.82 Å². The molecule has 0 unspecified atom stereocenters. The molecule has 1 aromatic heterocycles. The Bertz CT molecular complexity index is 1090. The predicted octanol–water partition coefficient (Wildman–Crippen LogP) is 5.95. The number of allylic oxidation sites excluding steroid dienone is 1. The van der Waals surface area contributed by atoms with E-state index in [0.29, 0.717) is 23.2 Å². The summed E-state index contributed by atoms with van der Waals surface area (Å²) in [5.74, 6) is 0.0490. The molecule has 8 heteroatoms. The lowest BCUT2D eigenvalue weighted by Crippen LogP contribution is -2.14. The van der Waals surface area contributed by atoms with Gasteiger partial charge >= 0.3 is 0 Å². The second-order valence-electron chi connectivity index (χ2n) is 8.00. The number of hydrogen-bond donors (Lipinski definition) is 1. The average molecular weight is 459 g/mol. The van der Waals surface area contributed by atoms with Gasteiger partial charge in [-0.25, -0.2) is 4.39 Å². The third-order valence-corrected chi connectivity index (χ3v) is 5.83. The minimum atomic E-state index is -0.533. The van der Waals surface area contributed by atoms with E-state index in [9.17, 15) is 9.18 Å². The first-order valence-corrected chi connectivity index (χ1v) is 11.1. The summed E-state index contributed by atoms with van der Waals surface area (Å²) in [4.78, 5) is 12.3. The molecular weight excluding hydrogens is 435 g/mol. The summed E-state index contributed by atoms with van der Waals surface area (Å²) < 4.78 is 15.2. The molecule has 5 nitrogen and oxygen atoms in total. The summed E-state index contributed by atoms with van der Waals surface area (Å²) in [6.07, 6.45) is 1.76. The zero-order chi connectivity index (χ0) is 22.6. The van der Waals surface area contributed by atoms with Crippen LogP contribution in [-0.2, 0) is 16.8 Å². The number of nitrogens with one attached hydrogen (secondary N) is 1. The van der Waals surface area contributed by atoms with E-state index in [2.05, 4.69) is 55.0 Å². The van der Waals surface area contributed by atoms with E-state index in [4.69, 9.17) is 11.6 Å². The van der Waals surface area contributed by atoms with Crippen molar-refractivity contribution in [3.63, 3.8) is 0 Å². The lowest BCUT2D eigenvalue weighted by atomic mass is 9.87. The first-order valence-electron chi connectivity index (χ1n) is 9.71. The third-order valence-electron chi connectivity index (χ3n) is 4.57. The van der Waals surface area contributed by atoms with E-state index in [-0.39, 0.29) is 22.1 Å². The number of nitrogens with zero attached hydrogens (tertiary/aromatic N) is 3. The van der Waals surface area contributed by atoms with Crippen molar-refractivity contribution < 1.29 is 9.18 Å². The van der Waals surface area contributed by atoms with Crippen LogP contribution in [0.5, 0.6) is 0 Å². The molecule has 162 valence electrons. The topological polar surface area (TPSA) is 59.8 Å². The van der Waals surface area contributed by atoms with Gasteiger partial charge in [-0.15, -0.1) is 16.8 Å². The van der Waals surface area contributed by atoms with Gasteiger partial charge in [-0.1, -0.05) is 74.5 Å². The summed E-state index contributed by atoms with van der Waals surface area (Å²) in [6, 6.07) is 12.3. The quantitative estimate of drug-likeness (QED) is 0.351. The molecule has 0 saturated carbocycles. The van der Waals surface area contributed by atoms with Gasteiger partial charge in [0.05, 0.1) is 10.8 Å². The fraction of sp³-hybridized carbons (Fsp3) is 0.261. The number of anilines is 1. The number of hydrogen-bond acceptors (Lipinski definition) is 4. The molecule has 3 aromatic rings. The van der Waals surface area contributed by atoms with Crippen LogP contribution in [0.15, 0.2) is 60.3 Å². The molecule has 1 N–H and O–H groups in total. The lowest BCUT2D eigenvalue weighted by Gasteiger charge is -2.19. The number of amides is 1. The minimum absolute atomic E-state index is 0.0432. The molecule has 1 heterocycles. The summed E-state index contributed by atoms with van der Waals surface area (Å²) >= 11 is 7.03. The van der Waals surface area contributed by atoms with Crippen molar-refractivity contribution in [1.29, 1.82) is 0 Å². The number of carbonyl (C=O) groups is 1. The Balaban J connectivity index is 1.73. The largest absolute Gasteiger partial charge is 0.325 e. The van der Waals surface area contributed by atoms with Crippen molar-refractivity contribution in [3.8, 4) is 11.4 Å². The van der Waals surface area contributed by atoms with Crippen molar-refractivity contribution in [1.82, 2.24) is 14.8 Å². The number of benzene rings is 2. The van der Waals surface area contributed by atoms with Gasteiger partial charge in [0.1, 0.15) is 5.82 Å². The summed E-state index contributed by atoms with van der Waals surface area (Å²) in [5.41, 5.74) is 2.68. The van der Waals surface area contributed by atoms with Gasteiger partial charge in [0.25, 0.3) is 0 Å². The summed E-state index contributed by atoms with van der Waals surface area (Å²) in [7, 11) is 0. The van der Waals surface area contributed by atoms with Crippen molar-refractivity contribution in [2.45, 2.75) is 37.9 Å². The molecule has 0 aliphatic heterocycles. The highest BCUT2D eigenvalue weighted by Gasteiger charge is 2.17. The van der Waals surface area contributed by atoms with Crippen LogP contribution in [0.25, 0.3) is 11.4 Å². The minimum Gasteiger partial charge on any atom is -0.325 e. The fourth-order valence-electron chi connectivity index (χ4n) is 2.92. The van der Waals surface area contributed by atoms with E-state index in [1.807, 2.05) is 16.7 Å². The Morgan fingerprint density at radius 3 is 2.55 bits per heavy atom. The first kappa shape index (κ1) is 23.0. The highest BCUT2D eigenvalue weighted by atomic mass is 35.5. The zero-order valence-corrected chi connectivity index (χ0v) is 19.2. The van der Waals surface area contributed by atoms with Gasteiger partial charge in [-0.2, -0.15) is 0 Å². The van der Waals surface area contributed by atoms with Crippen molar-refractivity contribution in [2.24, 2.45) is 0 Å². The van der Waals surface area contributed by atoms with E-state index in [1.165, 1.54) is 35.5 Å². The number of halogens is 2. The summed E-state index contributed by atoms with van der Waals surface area (Å²) in [5, 5.41) is 11.9. The van der Waals surface area contributed by atoms with E-state index in [0.717, 1.165) is 5.56 Å². The Kier molecular flexibility index (Phi) is 7.18. The molecule has 31 heavy (non-hydrogen) atoms. The van der Waals surface area contributed by atoms with Gasteiger partial charge in [0.15, 0.2) is 11.0 Å². The second kappa shape index (κ2) is 9.66. The van der Waals surface area contributed by atoms with Crippen LogP contribution < -0.4 is 5.32 Å². The highest BCUT2D eigenvalue weighted by Crippen LogP contribution is 2.28. The SMILES string of the molecule is C=CCn1c(SCC(=O)Nc2ccc(F)c(Cl)c2)nnc1-c1ccc(C(C)(C)C)cc1. The van der Waals surface area contributed by atoms with Crippen LogP contribution in [-0.4, -0.2) is 26.4 Å². The molecule has 0 spiro atoms. The van der Waals surface area contributed by atoms with Crippen molar-refractivity contribution in [2.75, 3.05) is 11.1 Å². The molecule has 0 aliphatic carbocycles. The molecule has 2 aromatic carbocycles. The van der Waals surface area contributed by atoms with Crippen molar-refractivity contribution in [3.05, 3.63) is 71.5 Å². The van der Waals surface area contributed by atoms with E-state index < -0.39 is 5.82 Å². The van der Waals surface area contributed by atoms with Crippen molar-refractivity contribution >= 4 is 35.0 Å². The van der Waals surface area contributed by atoms with E-state index >= 15 is 0 Å². The molecule has 0 aliphatic rings. The molecule has 0 radical (unpaired) electrons. The average Bonchev–Trinajstić information content (AvgIpc) is 3.11. The van der Waals surface area contributed by atoms with Crippen LogP contribution in [0.4, 0.5) is 10.1 Å². The molecule has 0 bridgehead atoms. The first-order chi connectivity index (χ1) is 14.7. The van der Waals surface area contributed by atoms with Gasteiger partial charge in [0, 0.05) is 17.8 Å². The monoisotopic (exact) mass is 458 g/mol. The molecule has 0 fully saturated rings. The summed E-state index contributed by atoms with van der Waals surface area (Å²) in [6.45, 7) is 10.8. The van der Waals surface area contributed by atoms with Gasteiger partial charge in [0.2, 0.25) is 5.91 Å². The van der Waals surface area contributed by atoms with E-state index in [1.54, 1.807) is 6.08 Å². The van der Waals surface area contributed by atoms with Crippen LogP contribution >= 0.6 is 23.4 Å². The number of thioether (sulfide) groups is 1. The Hall–Kier alpha value is -2.64. The molecular formula is C23H24ClFN4OS. The Labute approximate surface area is 190 Å². The predicted molar refractivity (Wildman–Crippen MR) is 125 cm³/mol. The lowest BCUT2D eigenvalue weighted by molar-refractivity contribution is -0.113. The highest BCUT2D eigenvalue weighted by molar-refractivity contribution is 7.99. The maximum absolute atomic E-state index is 13.3. The van der Waals surface area contributed by atoms with Crippen LogP contribution in [0.2, 0.25) is 5.02 Å². The maximum atomic E-state index is 13.3. The zero-order valence-electron chi connectivity index (χ0n) is 17.7. The van der Waals surface area contributed by atoms with Crippen LogP contribution in [0.3, 0.4) is 0 Å².